The number of carbonyl (C=O) groups is 2. The van der Waals surface area contributed by atoms with Crippen LogP contribution in [-0.2, 0) is 29.2 Å². The van der Waals surface area contributed by atoms with E-state index in [2.05, 4.69) is 13.8 Å². The molecule has 0 aliphatic heterocycles. The molecule has 155 valence electrons. The Morgan fingerprint density at radius 1 is 0.815 bits per heavy atom. The van der Waals surface area contributed by atoms with E-state index in [-0.39, 0.29) is 64.6 Å². The van der Waals surface area contributed by atoms with Gasteiger partial charge in [-0.15, -0.1) is 0 Å². The van der Waals surface area contributed by atoms with E-state index in [0.717, 1.165) is 51.4 Å². The molecule has 0 aliphatic rings. The second-order valence-corrected chi connectivity index (χ2v) is 8.02. The minimum atomic E-state index is -4.73. The van der Waals surface area contributed by atoms with Gasteiger partial charge in [0.15, 0.2) is 5.25 Å². The van der Waals surface area contributed by atoms with E-state index < -0.39 is 33.7 Å². The molecule has 0 saturated heterocycles. The van der Waals surface area contributed by atoms with E-state index in [0.29, 0.717) is 12.8 Å². The average molecular weight is 434 g/mol. The van der Waals surface area contributed by atoms with Crippen molar-refractivity contribution in [1.29, 1.82) is 0 Å². The zero-order valence-electron chi connectivity index (χ0n) is 17.1. The van der Waals surface area contributed by atoms with Gasteiger partial charge in [0.25, 0.3) is 10.1 Å². The zero-order chi connectivity index (χ0) is 19.8. The maximum Gasteiger partial charge on any atom is 0.327 e. The maximum atomic E-state index is 11.9. The molecule has 0 aromatic carbocycles. The third kappa shape index (κ3) is 17.1. The molecule has 0 bridgehead atoms. The average Bonchev–Trinajstić information content (AvgIpc) is 2.57. The molecule has 0 heterocycles. The van der Waals surface area contributed by atoms with Gasteiger partial charge in [-0.3, -0.25) is 14.1 Å². The molecule has 7 nitrogen and oxygen atoms in total. The summed E-state index contributed by atoms with van der Waals surface area (Å²) in [6.45, 7) is 4.43. The number of hydrogen-bond donors (Lipinski definition) is 1. The topological polar surface area (TPSA) is 107 Å². The van der Waals surface area contributed by atoms with Gasteiger partial charge in [-0.2, -0.15) is 8.42 Å². The first-order chi connectivity index (χ1) is 12.3. The summed E-state index contributed by atoms with van der Waals surface area (Å²) >= 11 is 0. The SMILES string of the molecule is CCCCCCCOC(=O)CC(C(=O)OCCCCCCC)S(=O)(=O)O.[K]. The minimum Gasteiger partial charge on any atom is -0.466 e. The quantitative estimate of drug-likeness (QED) is 0.172. The first-order valence-electron chi connectivity index (χ1n) is 9.61. The van der Waals surface area contributed by atoms with E-state index in [1.807, 2.05) is 0 Å². The van der Waals surface area contributed by atoms with Crippen LogP contribution in [0.4, 0.5) is 0 Å². The number of ether oxygens (including phenoxy) is 2. The molecule has 0 aromatic rings. The fourth-order valence-corrected chi connectivity index (χ4v) is 3.04. The third-order valence-corrected chi connectivity index (χ3v) is 5.06. The van der Waals surface area contributed by atoms with E-state index in [4.69, 9.17) is 9.47 Å². The van der Waals surface area contributed by atoms with Crippen molar-refractivity contribution >= 4 is 73.4 Å². The van der Waals surface area contributed by atoms with E-state index in [1.54, 1.807) is 0 Å². The van der Waals surface area contributed by atoms with Crippen LogP contribution < -0.4 is 0 Å². The Labute approximate surface area is 206 Å². The van der Waals surface area contributed by atoms with Gasteiger partial charge in [-0.1, -0.05) is 65.2 Å². The van der Waals surface area contributed by atoms with Crippen LogP contribution in [0.3, 0.4) is 0 Å². The van der Waals surface area contributed by atoms with Crippen LogP contribution in [0.5, 0.6) is 0 Å². The van der Waals surface area contributed by atoms with Gasteiger partial charge < -0.3 is 9.47 Å². The van der Waals surface area contributed by atoms with E-state index >= 15 is 0 Å². The summed E-state index contributed by atoms with van der Waals surface area (Å²) in [6, 6.07) is 0. The Morgan fingerprint density at radius 3 is 1.70 bits per heavy atom. The molecule has 0 aliphatic carbocycles. The molecule has 0 saturated carbocycles. The van der Waals surface area contributed by atoms with Crippen molar-refractivity contribution in [2.45, 2.75) is 89.7 Å². The molecule has 1 atom stereocenters. The van der Waals surface area contributed by atoms with Crippen molar-refractivity contribution in [3.63, 3.8) is 0 Å². The second kappa shape index (κ2) is 18.5. The third-order valence-electron chi connectivity index (χ3n) is 3.98. The number of carbonyl (C=O) groups excluding carboxylic acids is 2. The number of rotatable bonds is 16. The minimum absolute atomic E-state index is 0. The standard InChI is InChI=1S/C18H34O7S.K/c1-3-5-7-9-11-13-24-17(19)15-16(26(21,22)23)18(20)25-14-12-10-8-6-4-2;/h16H,3-15H2,1-2H3,(H,21,22,23);. The Hall–Kier alpha value is 0.486. The molecule has 27 heavy (non-hydrogen) atoms. The number of esters is 2. The Kier molecular flexibility index (Phi) is 20.4. The fraction of sp³-hybridized carbons (Fsp3) is 0.889. The van der Waals surface area contributed by atoms with Crippen molar-refractivity contribution in [2.75, 3.05) is 13.2 Å². The van der Waals surface area contributed by atoms with Crippen molar-refractivity contribution in [3.05, 3.63) is 0 Å². The largest absolute Gasteiger partial charge is 0.466 e. The van der Waals surface area contributed by atoms with Gasteiger partial charge in [-0.05, 0) is 12.8 Å². The van der Waals surface area contributed by atoms with Crippen LogP contribution in [0.25, 0.3) is 0 Å². The summed E-state index contributed by atoms with van der Waals surface area (Å²) in [5.74, 6) is -1.94. The summed E-state index contributed by atoms with van der Waals surface area (Å²) in [6.07, 6.45) is 8.82. The van der Waals surface area contributed by atoms with Crippen LogP contribution >= 0.6 is 0 Å². The summed E-state index contributed by atoms with van der Waals surface area (Å²) in [5, 5.41) is -1.93. The maximum absolute atomic E-state index is 11.9. The number of unbranched alkanes of at least 4 members (excludes halogenated alkanes) is 8. The van der Waals surface area contributed by atoms with E-state index in [1.165, 1.54) is 0 Å². The predicted molar refractivity (Wildman–Crippen MR) is 105 cm³/mol. The van der Waals surface area contributed by atoms with E-state index in [9.17, 15) is 22.6 Å². The zero-order valence-corrected chi connectivity index (χ0v) is 21.0. The van der Waals surface area contributed by atoms with Crippen molar-refractivity contribution in [1.82, 2.24) is 0 Å². The van der Waals surface area contributed by atoms with Crippen LogP contribution in [0.2, 0.25) is 0 Å². The molecular formula is C18H34KO7S. The van der Waals surface area contributed by atoms with Crippen LogP contribution in [0.15, 0.2) is 0 Å². The summed E-state index contributed by atoms with van der Waals surface area (Å²) in [7, 11) is -4.73. The molecule has 1 N–H and O–H groups in total. The second-order valence-electron chi connectivity index (χ2n) is 6.42. The van der Waals surface area contributed by atoms with Gasteiger partial charge in [0, 0.05) is 51.4 Å². The molecule has 0 rings (SSSR count). The normalized spacial score (nSPS) is 12.1. The van der Waals surface area contributed by atoms with Crippen LogP contribution in [-0.4, -0.2) is 94.8 Å². The van der Waals surface area contributed by atoms with Crippen LogP contribution in [0.1, 0.15) is 84.5 Å². The summed E-state index contributed by atoms with van der Waals surface area (Å²) in [4.78, 5) is 23.6. The van der Waals surface area contributed by atoms with Gasteiger partial charge in [0.2, 0.25) is 0 Å². The Bertz CT molecular complexity index is 494. The Morgan fingerprint density at radius 2 is 1.26 bits per heavy atom. The van der Waals surface area contributed by atoms with Crippen LogP contribution in [0, 0.1) is 0 Å². The molecule has 1 radical (unpaired) electrons. The molecule has 9 heteroatoms. The van der Waals surface area contributed by atoms with Crippen molar-refractivity contribution in [2.24, 2.45) is 0 Å². The van der Waals surface area contributed by atoms with Gasteiger partial charge in [-0.25, -0.2) is 0 Å². The van der Waals surface area contributed by atoms with Gasteiger partial charge >= 0.3 is 11.9 Å². The van der Waals surface area contributed by atoms with Gasteiger partial charge in [0.05, 0.1) is 19.6 Å². The molecule has 0 fully saturated rings. The smallest absolute Gasteiger partial charge is 0.327 e. The molecular weight excluding hydrogens is 399 g/mol. The fourth-order valence-electron chi connectivity index (χ4n) is 2.38. The predicted octanol–water partition coefficient (Wildman–Crippen LogP) is 3.28. The Balaban J connectivity index is 0. The molecule has 0 spiro atoms. The van der Waals surface area contributed by atoms with Crippen molar-refractivity contribution in [3.8, 4) is 0 Å². The molecule has 1 unspecified atom stereocenters. The molecule has 0 aromatic heterocycles. The summed E-state index contributed by atoms with van der Waals surface area (Å²) < 4.78 is 41.8. The van der Waals surface area contributed by atoms with Gasteiger partial charge in [0.1, 0.15) is 0 Å². The molecule has 0 amide bonds. The first kappa shape index (κ1) is 29.7. The summed E-state index contributed by atoms with van der Waals surface area (Å²) in [5.41, 5.74) is 0. The first-order valence-corrected chi connectivity index (χ1v) is 11.1. The number of hydrogen-bond acceptors (Lipinski definition) is 6. The monoisotopic (exact) mass is 433 g/mol. The van der Waals surface area contributed by atoms with Crippen molar-refractivity contribution < 1.29 is 32.0 Å².